The van der Waals surface area contributed by atoms with Crippen molar-refractivity contribution in [3.63, 3.8) is 0 Å². The average molecular weight is 376 g/mol. The third-order valence-corrected chi connectivity index (χ3v) is 5.57. The van der Waals surface area contributed by atoms with Gasteiger partial charge in [-0.25, -0.2) is 4.79 Å². The van der Waals surface area contributed by atoms with Crippen LogP contribution in [0, 0.1) is 6.92 Å². The Morgan fingerprint density at radius 3 is 2.57 bits per heavy atom. The largest absolute Gasteiger partial charge is 0.462 e. The molecule has 2 aromatic carbocycles. The number of carbonyl (C=O) groups is 2. The van der Waals surface area contributed by atoms with Gasteiger partial charge in [0.25, 0.3) is 0 Å². The van der Waals surface area contributed by atoms with Crippen molar-refractivity contribution >= 4 is 17.8 Å². The Labute approximate surface area is 167 Å². The van der Waals surface area contributed by atoms with E-state index in [2.05, 4.69) is 26.0 Å². The molecule has 0 bridgehead atoms. The molecule has 0 fully saturated rings. The van der Waals surface area contributed by atoms with Gasteiger partial charge in [0.2, 0.25) is 0 Å². The number of esters is 1. The SMILES string of the molecule is CCOC(=O)c1ccc(/C=C/C(=O)c2ccc3c(c2)C(C)(C)CCC3)c(C)c1. The van der Waals surface area contributed by atoms with Crippen molar-refractivity contribution in [1.29, 1.82) is 0 Å². The smallest absolute Gasteiger partial charge is 0.338 e. The normalized spacial score (nSPS) is 15.3. The van der Waals surface area contributed by atoms with Gasteiger partial charge in [0.15, 0.2) is 5.78 Å². The maximum atomic E-state index is 12.7. The second-order valence-electron chi connectivity index (χ2n) is 8.10. The van der Waals surface area contributed by atoms with Crippen molar-refractivity contribution in [2.75, 3.05) is 6.61 Å². The van der Waals surface area contributed by atoms with E-state index >= 15 is 0 Å². The number of allylic oxidation sites excluding steroid dienone is 1. The van der Waals surface area contributed by atoms with Crippen LogP contribution in [0.15, 0.2) is 42.5 Å². The van der Waals surface area contributed by atoms with E-state index in [4.69, 9.17) is 4.74 Å². The van der Waals surface area contributed by atoms with E-state index in [1.165, 1.54) is 17.5 Å². The van der Waals surface area contributed by atoms with Crippen molar-refractivity contribution in [1.82, 2.24) is 0 Å². The number of ketones is 1. The van der Waals surface area contributed by atoms with E-state index < -0.39 is 0 Å². The molecule has 3 rings (SSSR count). The Morgan fingerprint density at radius 1 is 1.11 bits per heavy atom. The minimum Gasteiger partial charge on any atom is -0.462 e. The van der Waals surface area contributed by atoms with Gasteiger partial charge < -0.3 is 4.74 Å². The molecule has 0 N–H and O–H groups in total. The number of rotatable bonds is 5. The van der Waals surface area contributed by atoms with Gasteiger partial charge in [-0.15, -0.1) is 0 Å². The van der Waals surface area contributed by atoms with E-state index in [0.29, 0.717) is 12.2 Å². The molecule has 0 unspecified atom stereocenters. The van der Waals surface area contributed by atoms with Gasteiger partial charge in [0.05, 0.1) is 12.2 Å². The van der Waals surface area contributed by atoms with E-state index in [1.807, 2.05) is 25.1 Å². The highest BCUT2D eigenvalue weighted by molar-refractivity contribution is 6.07. The molecule has 0 aliphatic heterocycles. The lowest BCUT2D eigenvalue weighted by molar-refractivity contribution is 0.0526. The summed E-state index contributed by atoms with van der Waals surface area (Å²) in [5.74, 6) is -0.327. The lowest BCUT2D eigenvalue weighted by Gasteiger charge is -2.32. The van der Waals surface area contributed by atoms with Gasteiger partial charge in [0.1, 0.15) is 0 Å². The van der Waals surface area contributed by atoms with Gasteiger partial charge in [-0.3, -0.25) is 4.79 Å². The number of fused-ring (bicyclic) bond motifs is 1. The third kappa shape index (κ3) is 4.24. The molecule has 3 heteroatoms. The molecule has 0 radical (unpaired) electrons. The van der Waals surface area contributed by atoms with Crippen LogP contribution in [0.5, 0.6) is 0 Å². The zero-order valence-corrected chi connectivity index (χ0v) is 17.2. The summed E-state index contributed by atoms with van der Waals surface area (Å²) in [5, 5.41) is 0. The van der Waals surface area contributed by atoms with Crippen LogP contribution >= 0.6 is 0 Å². The molecule has 1 aliphatic carbocycles. The predicted octanol–water partition coefficient (Wildman–Crippen LogP) is 5.68. The molecular formula is C25H28O3. The van der Waals surface area contributed by atoms with E-state index in [0.717, 1.165) is 29.5 Å². The second-order valence-corrected chi connectivity index (χ2v) is 8.10. The van der Waals surface area contributed by atoms with Crippen LogP contribution in [0.4, 0.5) is 0 Å². The Hall–Kier alpha value is -2.68. The molecule has 0 heterocycles. The van der Waals surface area contributed by atoms with Crippen LogP contribution in [0.2, 0.25) is 0 Å². The van der Waals surface area contributed by atoms with Gasteiger partial charge in [-0.2, -0.15) is 0 Å². The van der Waals surface area contributed by atoms with E-state index in [9.17, 15) is 9.59 Å². The summed E-state index contributed by atoms with van der Waals surface area (Å²) in [6.45, 7) is 8.57. The highest BCUT2D eigenvalue weighted by Crippen LogP contribution is 2.37. The maximum absolute atomic E-state index is 12.7. The average Bonchev–Trinajstić information content (AvgIpc) is 2.66. The third-order valence-electron chi connectivity index (χ3n) is 5.57. The molecule has 28 heavy (non-hydrogen) atoms. The standard InChI is InChI=1S/C25H28O3/c1-5-28-24(27)21-11-8-18(17(2)15-21)12-13-23(26)20-10-9-19-7-6-14-25(3,4)22(19)16-20/h8-13,15-16H,5-7,14H2,1-4H3/b13-12+. The van der Waals surface area contributed by atoms with E-state index in [-0.39, 0.29) is 17.2 Å². The topological polar surface area (TPSA) is 43.4 Å². The van der Waals surface area contributed by atoms with Gasteiger partial charge in [-0.1, -0.05) is 38.1 Å². The first-order valence-corrected chi connectivity index (χ1v) is 9.95. The fourth-order valence-electron chi connectivity index (χ4n) is 3.90. The van der Waals surface area contributed by atoms with Crippen LogP contribution in [0.1, 0.15) is 76.6 Å². The first-order valence-electron chi connectivity index (χ1n) is 9.95. The zero-order valence-electron chi connectivity index (χ0n) is 17.2. The Morgan fingerprint density at radius 2 is 1.86 bits per heavy atom. The summed E-state index contributed by atoms with van der Waals surface area (Å²) in [6.07, 6.45) is 6.88. The van der Waals surface area contributed by atoms with Crippen LogP contribution in [0.25, 0.3) is 6.08 Å². The predicted molar refractivity (Wildman–Crippen MR) is 113 cm³/mol. The molecule has 1 aliphatic rings. The Bertz CT molecular complexity index is 935. The summed E-state index contributed by atoms with van der Waals surface area (Å²) in [6, 6.07) is 11.5. The van der Waals surface area contributed by atoms with Crippen molar-refractivity contribution < 1.29 is 14.3 Å². The van der Waals surface area contributed by atoms with Crippen molar-refractivity contribution in [3.05, 3.63) is 75.9 Å². The first-order chi connectivity index (χ1) is 13.3. The van der Waals surface area contributed by atoms with Gasteiger partial charge in [0, 0.05) is 5.56 Å². The minimum atomic E-state index is -0.325. The van der Waals surface area contributed by atoms with E-state index in [1.54, 1.807) is 25.1 Å². The van der Waals surface area contributed by atoms with Crippen molar-refractivity contribution in [3.8, 4) is 0 Å². The zero-order chi connectivity index (χ0) is 20.3. The molecule has 0 amide bonds. The summed E-state index contributed by atoms with van der Waals surface area (Å²) in [7, 11) is 0. The summed E-state index contributed by atoms with van der Waals surface area (Å²) >= 11 is 0. The first kappa shape index (κ1) is 20.1. The van der Waals surface area contributed by atoms with Gasteiger partial charge in [-0.05, 0) is 85.1 Å². The summed E-state index contributed by atoms with van der Waals surface area (Å²) < 4.78 is 5.03. The molecule has 0 saturated carbocycles. The van der Waals surface area contributed by atoms with Crippen molar-refractivity contribution in [2.24, 2.45) is 0 Å². The number of hydrogen-bond donors (Lipinski definition) is 0. The minimum absolute atomic E-state index is 0.00181. The maximum Gasteiger partial charge on any atom is 0.338 e. The number of aryl methyl sites for hydroxylation is 2. The van der Waals surface area contributed by atoms with Crippen molar-refractivity contribution in [2.45, 2.75) is 52.4 Å². The van der Waals surface area contributed by atoms with Crippen LogP contribution in [0.3, 0.4) is 0 Å². The Kier molecular flexibility index (Phi) is 5.83. The number of ether oxygens (including phenoxy) is 1. The van der Waals surface area contributed by atoms with Gasteiger partial charge >= 0.3 is 5.97 Å². The number of carbonyl (C=O) groups excluding carboxylic acids is 2. The molecule has 0 saturated heterocycles. The lowest BCUT2D eigenvalue weighted by Crippen LogP contribution is -2.24. The molecule has 0 aromatic heterocycles. The monoisotopic (exact) mass is 376 g/mol. The molecule has 0 spiro atoms. The molecule has 3 nitrogen and oxygen atoms in total. The number of hydrogen-bond acceptors (Lipinski definition) is 3. The molecule has 2 aromatic rings. The van der Waals surface area contributed by atoms with Crippen LogP contribution in [-0.2, 0) is 16.6 Å². The fraction of sp³-hybridized carbons (Fsp3) is 0.360. The fourth-order valence-corrected chi connectivity index (χ4v) is 3.90. The lowest BCUT2D eigenvalue weighted by atomic mass is 9.72. The molecular weight excluding hydrogens is 348 g/mol. The number of benzene rings is 2. The Balaban J connectivity index is 1.80. The summed E-state index contributed by atoms with van der Waals surface area (Å²) in [4.78, 5) is 24.6. The quantitative estimate of drug-likeness (QED) is 0.383. The molecule has 0 atom stereocenters. The molecule has 146 valence electrons. The second kappa shape index (κ2) is 8.14. The van der Waals surface area contributed by atoms with Crippen LogP contribution in [-0.4, -0.2) is 18.4 Å². The van der Waals surface area contributed by atoms with Crippen LogP contribution < -0.4 is 0 Å². The highest BCUT2D eigenvalue weighted by Gasteiger charge is 2.27. The summed E-state index contributed by atoms with van der Waals surface area (Å²) in [5.41, 5.74) is 5.88. The highest BCUT2D eigenvalue weighted by atomic mass is 16.5.